The van der Waals surface area contributed by atoms with Gasteiger partial charge in [0.05, 0.1) is 22.6 Å². The number of nitrogens with one attached hydrogen (secondary N) is 1. The molecule has 0 radical (unpaired) electrons. The van der Waals surface area contributed by atoms with Gasteiger partial charge in [0.25, 0.3) is 5.91 Å². The fourth-order valence-corrected chi connectivity index (χ4v) is 7.69. The number of benzene rings is 2. The van der Waals surface area contributed by atoms with Crippen LogP contribution in [0.4, 0.5) is 13.2 Å². The van der Waals surface area contributed by atoms with Gasteiger partial charge in [0, 0.05) is 23.7 Å². The summed E-state index contributed by atoms with van der Waals surface area (Å²) in [6.07, 6.45) is -0.344. The van der Waals surface area contributed by atoms with Crippen molar-refractivity contribution >= 4 is 17.8 Å². The molecule has 3 aliphatic carbocycles. The lowest BCUT2D eigenvalue weighted by Crippen LogP contribution is -2.78. The molecule has 1 saturated heterocycles. The second-order valence-electron chi connectivity index (χ2n) is 12.1. The Morgan fingerprint density at radius 1 is 1.00 bits per heavy atom. The number of phenolic OH excluding ortho intramolecular Hbond substituents is 1. The Balaban J connectivity index is 0.000000501. The number of carboxylic acids is 2. The number of carbonyl (C=O) groups is 3. The van der Waals surface area contributed by atoms with Crippen LogP contribution in [-0.4, -0.2) is 80.1 Å². The molecule has 2 bridgehead atoms. The van der Waals surface area contributed by atoms with Crippen molar-refractivity contribution in [2.75, 3.05) is 13.1 Å². The number of aliphatic hydroxyl groups is 1. The number of likely N-dealkylation sites (tertiary alicyclic amines) is 1. The van der Waals surface area contributed by atoms with Crippen LogP contribution in [0.2, 0.25) is 0 Å². The smallest absolute Gasteiger partial charge is 0.416 e. The van der Waals surface area contributed by atoms with E-state index in [0.29, 0.717) is 37.4 Å². The highest BCUT2D eigenvalue weighted by Crippen LogP contribution is 2.65. The predicted octanol–water partition coefficient (Wildman–Crippen LogP) is 2.93. The lowest BCUT2D eigenvalue weighted by Gasteiger charge is -2.64. The van der Waals surface area contributed by atoms with Gasteiger partial charge in [-0.1, -0.05) is 6.07 Å². The first kappa shape index (κ1) is 29.2. The highest BCUT2D eigenvalue weighted by atomic mass is 19.4. The van der Waals surface area contributed by atoms with Gasteiger partial charge in [0.1, 0.15) is 6.10 Å². The average Bonchev–Trinajstić information content (AvgIpc) is 3.69. The second kappa shape index (κ2) is 10.1. The summed E-state index contributed by atoms with van der Waals surface area (Å²) in [7, 11) is 0. The van der Waals surface area contributed by atoms with Crippen molar-refractivity contribution in [3.63, 3.8) is 0 Å². The first-order chi connectivity index (χ1) is 20.3. The molecular formula is C30H31F3N2O8. The number of hydrogen-bond acceptors (Lipinski definition) is 7. The largest absolute Gasteiger partial charge is 0.504 e. The van der Waals surface area contributed by atoms with Gasteiger partial charge < -0.3 is 30.5 Å². The number of amides is 1. The summed E-state index contributed by atoms with van der Waals surface area (Å²) in [6.45, 7) is 1.78. The molecule has 2 heterocycles. The minimum Gasteiger partial charge on any atom is -0.504 e. The van der Waals surface area contributed by atoms with Gasteiger partial charge in [-0.2, -0.15) is 13.2 Å². The van der Waals surface area contributed by atoms with Crippen LogP contribution in [0, 0.1) is 5.92 Å². The Bertz CT molecular complexity index is 1460. The highest BCUT2D eigenvalue weighted by molar-refractivity contribution is 6.27. The Hall–Kier alpha value is -3.84. The fraction of sp³-hybridized carbons (Fsp3) is 0.500. The normalized spacial score (nSPS) is 30.3. The summed E-state index contributed by atoms with van der Waals surface area (Å²) in [5, 5.41) is 41.0. The van der Waals surface area contributed by atoms with Gasteiger partial charge in [-0.25, -0.2) is 9.59 Å². The van der Waals surface area contributed by atoms with Gasteiger partial charge in [-0.3, -0.25) is 9.69 Å². The lowest BCUT2D eigenvalue weighted by atomic mass is 9.48. The summed E-state index contributed by atoms with van der Waals surface area (Å²) >= 11 is 0. The monoisotopic (exact) mass is 604 g/mol. The molecule has 5 unspecified atom stereocenters. The molecule has 5 aliphatic rings. The van der Waals surface area contributed by atoms with E-state index in [1.54, 1.807) is 6.07 Å². The maximum atomic E-state index is 13.1. The van der Waals surface area contributed by atoms with E-state index in [2.05, 4.69) is 10.2 Å². The highest BCUT2D eigenvalue weighted by Gasteiger charge is 2.73. The molecule has 7 rings (SSSR count). The molecule has 13 heteroatoms. The molecular weight excluding hydrogens is 573 g/mol. The van der Waals surface area contributed by atoms with Crippen LogP contribution in [0.15, 0.2) is 36.4 Å². The molecule has 3 fully saturated rings. The number of ether oxygens (including phenoxy) is 1. The Kier molecular flexibility index (Phi) is 6.88. The topological polar surface area (TPSA) is 157 Å². The van der Waals surface area contributed by atoms with Crippen molar-refractivity contribution in [3.8, 4) is 11.5 Å². The number of nitrogens with zero attached hydrogens (tertiary/aromatic N) is 1. The van der Waals surface area contributed by atoms with E-state index in [4.69, 9.17) is 24.5 Å². The average molecular weight is 605 g/mol. The predicted molar refractivity (Wildman–Crippen MR) is 143 cm³/mol. The summed E-state index contributed by atoms with van der Waals surface area (Å²) < 4.78 is 45.3. The third-order valence-electron chi connectivity index (χ3n) is 9.74. The second-order valence-corrected chi connectivity index (χ2v) is 12.1. The van der Waals surface area contributed by atoms with Crippen LogP contribution in [0.3, 0.4) is 0 Å². The molecule has 43 heavy (non-hydrogen) atoms. The van der Waals surface area contributed by atoms with Crippen molar-refractivity contribution in [1.29, 1.82) is 0 Å². The number of piperidine rings is 1. The van der Waals surface area contributed by atoms with Gasteiger partial charge in [0.15, 0.2) is 11.5 Å². The van der Waals surface area contributed by atoms with Gasteiger partial charge in [-0.15, -0.1) is 0 Å². The van der Waals surface area contributed by atoms with E-state index < -0.39 is 52.7 Å². The van der Waals surface area contributed by atoms with Crippen LogP contribution in [0.25, 0.3) is 0 Å². The summed E-state index contributed by atoms with van der Waals surface area (Å²) in [5.74, 6) is -3.03. The Morgan fingerprint density at radius 3 is 2.28 bits per heavy atom. The van der Waals surface area contributed by atoms with Crippen molar-refractivity contribution in [1.82, 2.24) is 10.2 Å². The maximum absolute atomic E-state index is 13.1. The van der Waals surface area contributed by atoms with Crippen molar-refractivity contribution < 1.29 is 52.7 Å². The number of alkyl halides is 3. The van der Waals surface area contributed by atoms with Crippen LogP contribution >= 0.6 is 0 Å². The molecule has 2 aromatic rings. The van der Waals surface area contributed by atoms with E-state index in [9.17, 15) is 28.2 Å². The van der Waals surface area contributed by atoms with Crippen molar-refractivity contribution in [2.45, 2.75) is 73.9 Å². The van der Waals surface area contributed by atoms with Crippen LogP contribution in [-0.2, 0) is 27.6 Å². The molecule has 2 saturated carbocycles. The van der Waals surface area contributed by atoms with Gasteiger partial charge in [-0.05, 0) is 86.9 Å². The van der Waals surface area contributed by atoms with Crippen LogP contribution in [0.5, 0.6) is 11.5 Å². The van der Waals surface area contributed by atoms with E-state index in [-0.39, 0.29) is 17.4 Å². The first-order valence-corrected chi connectivity index (χ1v) is 14.2. The summed E-state index contributed by atoms with van der Waals surface area (Å²) in [4.78, 5) is 33.8. The minimum absolute atomic E-state index is 0.0246. The van der Waals surface area contributed by atoms with Gasteiger partial charge in [0.2, 0.25) is 0 Å². The zero-order chi connectivity index (χ0) is 30.9. The van der Waals surface area contributed by atoms with Crippen molar-refractivity contribution in [3.05, 3.63) is 58.7 Å². The molecule has 5 N–H and O–H groups in total. The number of aromatic hydroxyl groups is 1. The van der Waals surface area contributed by atoms with E-state index in [1.165, 1.54) is 25.0 Å². The molecule has 230 valence electrons. The molecule has 0 aromatic heterocycles. The number of carbonyl (C=O) groups excluding carboxylic acids is 1. The SMILES string of the molecule is O=C(NC1CCC2(O)C3Cc4ccc(O)c5c4C2(CCN3CC2CC2)C1O5)c1ccc(C(F)(F)F)cc1.O=C(O)C(=O)O. The summed E-state index contributed by atoms with van der Waals surface area (Å²) in [6, 6.07) is 7.20. The molecule has 10 nitrogen and oxygen atoms in total. The molecule has 5 atom stereocenters. The van der Waals surface area contributed by atoms with E-state index in [0.717, 1.165) is 36.3 Å². The third-order valence-corrected chi connectivity index (χ3v) is 9.74. The number of halogens is 3. The van der Waals surface area contributed by atoms with Gasteiger partial charge >= 0.3 is 18.1 Å². The standard InChI is InChI=1S/C28H29F3N2O4.C2H2O4/c29-28(30,31)18-6-3-16(4-7-18)25(35)32-19-9-10-27(36)21-13-17-5-8-20(34)23-22(17)26(27,24(19)37-23)11-12-33(21)14-15-1-2-15;3-1(4)2(5)6/h3-8,15,19,21,24,34,36H,1-2,9-14H2,(H,32,35);(H,3,4)(H,5,6). The van der Waals surface area contributed by atoms with Crippen LogP contribution in [0.1, 0.15) is 59.2 Å². The molecule has 2 aliphatic heterocycles. The summed E-state index contributed by atoms with van der Waals surface area (Å²) in [5.41, 5.74) is -0.570. The van der Waals surface area contributed by atoms with E-state index >= 15 is 0 Å². The lowest BCUT2D eigenvalue weighted by molar-refractivity contribution is -0.191. The first-order valence-electron chi connectivity index (χ1n) is 14.2. The molecule has 1 amide bonds. The Labute approximate surface area is 244 Å². The quantitative estimate of drug-likeness (QED) is 0.331. The Morgan fingerprint density at radius 2 is 1.67 bits per heavy atom. The van der Waals surface area contributed by atoms with Crippen molar-refractivity contribution in [2.24, 2.45) is 5.92 Å². The number of aliphatic carboxylic acids is 2. The maximum Gasteiger partial charge on any atom is 0.416 e. The van der Waals surface area contributed by atoms with E-state index in [1.807, 2.05) is 6.07 Å². The zero-order valence-corrected chi connectivity index (χ0v) is 22.9. The molecule has 2 aromatic carbocycles. The number of rotatable bonds is 4. The molecule has 1 spiro atoms. The third kappa shape index (κ3) is 4.69. The van der Waals surface area contributed by atoms with Crippen LogP contribution < -0.4 is 10.1 Å². The number of hydrogen-bond donors (Lipinski definition) is 5. The fourth-order valence-electron chi connectivity index (χ4n) is 7.69. The minimum atomic E-state index is -4.48. The number of carboxylic acid groups (broad SMARTS) is 2. The zero-order valence-electron chi connectivity index (χ0n) is 22.9. The number of phenols is 1.